The van der Waals surface area contributed by atoms with Gasteiger partial charge in [0, 0.05) is 6.54 Å². The summed E-state index contributed by atoms with van der Waals surface area (Å²) in [4.78, 5) is 0.0926. The molecule has 0 bridgehead atoms. The average Bonchev–Trinajstić information content (AvgIpc) is 2.62. The van der Waals surface area contributed by atoms with Crippen LogP contribution < -0.4 is 13.8 Å². The maximum absolute atomic E-state index is 13.0. The van der Waals surface area contributed by atoms with E-state index in [1.165, 1.54) is 10.4 Å². The number of hydrogen-bond acceptors (Lipinski definition) is 5. The minimum absolute atomic E-state index is 0.0926. The number of anilines is 2. The van der Waals surface area contributed by atoms with E-state index in [1.807, 2.05) is 13.8 Å². The molecule has 0 radical (unpaired) electrons. The van der Waals surface area contributed by atoms with Gasteiger partial charge < -0.3 is 4.74 Å². The Kier molecular flexibility index (Phi) is 6.09. The van der Waals surface area contributed by atoms with Crippen LogP contribution in [0.4, 0.5) is 11.4 Å². The van der Waals surface area contributed by atoms with E-state index >= 15 is 0 Å². The predicted molar refractivity (Wildman–Crippen MR) is 115 cm³/mol. The normalized spacial score (nSPS) is 16.6. The van der Waals surface area contributed by atoms with Crippen LogP contribution in [0.15, 0.2) is 47.4 Å². The Bertz CT molecular complexity index is 1100. The molecule has 1 aliphatic heterocycles. The van der Waals surface area contributed by atoms with Crippen LogP contribution in [0.3, 0.4) is 0 Å². The van der Waals surface area contributed by atoms with Crippen LogP contribution >= 0.6 is 0 Å². The first-order valence-corrected chi connectivity index (χ1v) is 12.6. The lowest BCUT2D eigenvalue weighted by Gasteiger charge is -2.28. The van der Waals surface area contributed by atoms with Gasteiger partial charge in [-0.2, -0.15) is 0 Å². The fourth-order valence-electron chi connectivity index (χ4n) is 3.28. The molecular weight excluding hydrogens is 412 g/mol. The van der Waals surface area contributed by atoms with E-state index in [1.54, 1.807) is 43.3 Å². The molecule has 1 saturated heterocycles. The first-order valence-electron chi connectivity index (χ1n) is 9.50. The Morgan fingerprint density at radius 3 is 2.48 bits per heavy atom. The average molecular weight is 439 g/mol. The summed E-state index contributed by atoms with van der Waals surface area (Å²) in [6.45, 7) is 5.79. The largest absolute Gasteiger partial charge is 0.489 e. The molecule has 0 saturated carbocycles. The van der Waals surface area contributed by atoms with Crippen LogP contribution in [0.5, 0.6) is 5.75 Å². The third kappa shape index (κ3) is 4.84. The van der Waals surface area contributed by atoms with Gasteiger partial charge in [-0.25, -0.2) is 16.8 Å². The summed E-state index contributed by atoms with van der Waals surface area (Å²) >= 11 is 0. The molecule has 0 aliphatic carbocycles. The fourth-order valence-corrected chi connectivity index (χ4v) is 6.21. The van der Waals surface area contributed by atoms with Crippen LogP contribution in [0, 0.1) is 6.92 Å². The lowest BCUT2D eigenvalue weighted by molar-refractivity contribution is 0.244. The van der Waals surface area contributed by atoms with Gasteiger partial charge in [0.25, 0.3) is 10.0 Å². The Morgan fingerprint density at radius 1 is 1.10 bits per heavy atom. The van der Waals surface area contributed by atoms with E-state index in [2.05, 4.69) is 4.72 Å². The van der Waals surface area contributed by atoms with Crippen LogP contribution in [0.2, 0.25) is 0 Å². The molecule has 0 unspecified atom stereocenters. The van der Waals surface area contributed by atoms with E-state index in [0.29, 0.717) is 35.7 Å². The third-order valence-electron chi connectivity index (χ3n) is 4.58. The molecule has 1 heterocycles. The molecule has 2 aromatic rings. The molecule has 0 atom stereocenters. The number of benzene rings is 2. The summed E-state index contributed by atoms with van der Waals surface area (Å²) in [6, 6.07) is 11.4. The van der Waals surface area contributed by atoms with E-state index < -0.39 is 20.0 Å². The van der Waals surface area contributed by atoms with E-state index in [0.717, 1.165) is 6.42 Å². The number of aryl methyl sites for hydroxylation is 1. The molecule has 2 aromatic carbocycles. The Balaban J connectivity index is 1.91. The zero-order valence-electron chi connectivity index (χ0n) is 16.8. The molecule has 7 nitrogen and oxygen atoms in total. The SMILES string of the molecule is Cc1cc(N2CCCCS2(=O)=O)ccc1S(=O)(=O)Nc1ccccc1OC(C)C. The summed E-state index contributed by atoms with van der Waals surface area (Å²) in [7, 11) is -7.23. The van der Waals surface area contributed by atoms with E-state index in [-0.39, 0.29) is 16.8 Å². The van der Waals surface area contributed by atoms with Crippen molar-refractivity contribution in [1.29, 1.82) is 0 Å². The second-order valence-electron chi connectivity index (χ2n) is 7.31. The monoisotopic (exact) mass is 438 g/mol. The summed E-state index contributed by atoms with van der Waals surface area (Å²) in [5.41, 5.74) is 1.31. The first-order chi connectivity index (χ1) is 13.6. The van der Waals surface area contributed by atoms with Crippen molar-refractivity contribution < 1.29 is 21.6 Å². The number of para-hydroxylation sites is 2. The van der Waals surface area contributed by atoms with Crippen molar-refractivity contribution in [3.63, 3.8) is 0 Å². The van der Waals surface area contributed by atoms with Gasteiger partial charge in [0.1, 0.15) is 5.75 Å². The Morgan fingerprint density at radius 2 is 1.83 bits per heavy atom. The molecule has 9 heteroatoms. The van der Waals surface area contributed by atoms with Crippen molar-refractivity contribution >= 4 is 31.4 Å². The van der Waals surface area contributed by atoms with Crippen molar-refractivity contribution in [3.05, 3.63) is 48.0 Å². The minimum atomic E-state index is -3.88. The third-order valence-corrected chi connectivity index (χ3v) is 7.97. The van der Waals surface area contributed by atoms with E-state index in [4.69, 9.17) is 4.74 Å². The minimum Gasteiger partial charge on any atom is -0.489 e. The second kappa shape index (κ2) is 8.23. The molecule has 1 fully saturated rings. The molecule has 1 aliphatic rings. The molecule has 29 heavy (non-hydrogen) atoms. The van der Waals surface area contributed by atoms with Crippen LogP contribution in [0.1, 0.15) is 32.3 Å². The first kappa shape index (κ1) is 21.4. The number of rotatable bonds is 6. The molecule has 0 aromatic heterocycles. The molecular formula is C20H26N2O5S2. The smallest absolute Gasteiger partial charge is 0.262 e. The highest BCUT2D eigenvalue weighted by atomic mass is 32.2. The maximum Gasteiger partial charge on any atom is 0.262 e. The van der Waals surface area contributed by atoms with Crippen molar-refractivity contribution in [3.8, 4) is 5.75 Å². The standard InChI is InChI=1S/C20H26N2O5S2/c1-15(2)27-19-9-5-4-8-18(19)21-29(25,26)20-11-10-17(14-16(20)3)22-12-6-7-13-28(22,23)24/h4-5,8-11,14-15,21H,6-7,12-13H2,1-3H3. The van der Waals surface area contributed by atoms with Gasteiger partial charge in [0.05, 0.1) is 28.1 Å². The topological polar surface area (TPSA) is 92.8 Å². The molecule has 0 amide bonds. The summed E-state index contributed by atoms with van der Waals surface area (Å²) in [6.07, 6.45) is 1.33. The van der Waals surface area contributed by atoms with Gasteiger partial charge in [0.15, 0.2) is 0 Å². The number of nitrogens with one attached hydrogen (secondary N) is 1. The lowest BCUT2D eigenvalue weighted by atomic mass is 10.2. The predicted octanol–water partition coefficient (Wildman–Crippen LogP) is 3.51. The van der Waals surface area contributed by atoms with Crippen molar-refractivity contribution in [2.75, 3.05) is 21.3 Å². The summed E-state index contributed by atoms with van der Waals surface area (Å²) in [5.74, 6) is 0.556. The Hall–Kier alpha value is -2.26. The molecule has 158 valence electrons. The van der Waals surface area contributed by atoms with Crippen molar-refractivity contribution in [2.24, 2.45) is 0 Å². The van der Waals surface area contributed by atoms with Gasteiger partial charge in [-0.15, -0.1) is 0 Å². The zero-order chi connectivity index (χ0) is 21.2. The molecule has 3 rings (SSSR count). The zero-order valence-corrected chi connectivity index (χ0v) is 18.4. The fraction of sp³-hybridized carbons (Fsp3) is 0.400. The van der Waals surface area contributed by atoms with Gasteiger partial charge in [-0.05, 0) is 69.5 Å². The van der Waals surface area contributed by atoms with Crippen molar-refractivity contribution in [1.82, 2.24) is 0 Å². The number of nitrogens with zero attached hydrogens (tertiary/aromatic N) is 1. The molecule has 0 spiro atoms. The summed E-state index contributed by atoms with van der Waals surface area (Å²) in [5, 5.41) is 0. The number of sulfonamides is 2. The van der Waals surface area contributed by atoms with E-state index in [9.17, 15) is 16.8 Å². The quantitative estimate of drug-likeness (QED) is 0.745. The highest BCUT2D eigenvalue weighted by Gasteiger charge is 2.27. The maximum atomic E-state index is 13.0. The molecule has 1 N–H and O–H groups in total. The second-order valence-corrected chi connectivity index (χ2v) is 11.0. The number of hydrogen-bond donors (Lipinski definition) is 1. The Labute approximate surface area is 172 Å². The number of ether oxygens (including phenoxy) is 1. The van der Waals surface area contributed by atoms with Gasteiger partial charge in [-0.1, -0.05) is 12.1 Å². The highest BCUT2D eigenvalue weighted by Crippen LogP contribution is 2.31. The van der Waals surface area contributed by atoms with Crippen molar-refractivity contribution in [2.45, 2.75) is 44.6 Å². The van der Waals surface area contributed by atoms with Crippen LogP contribution in [0.25, 0.3) is 0 Å². The van der Waals surface area contributed by atoms with Gasteiger partial charge >= 0.3 is 0 Å². The lowest BCUT2D eigenvalue weighted by Crippen LogP contribution is -2.37. The van der Waals surface area contributed by atoms with Gasteiger partial charge in [-0.3, -0.25) is 9.03 Å². The van der Waals surface area contributed by atoms with Crippen LogP contribution in [-0.4, -0.2) is 35.2 Å². The highest BCUT2D eigenvalue weighted by molar-refractivity contribution is 7.93. The van der Waals surface area contributed by atoms with Gasteiger partial charge in [0.2, 0.25) is 10.0 Å². The summed E-state index contributed by atoms with van der Waals surface area (Å²) < 4.78 is 60.2. The van der Waals surface area contributed by atoms with Crippen LogP contribution in [-0.2, 0) is 20.0 Å².